The number of primary amides is 1. The number of hydroxylamine groups is 2. The van der Waals surface area contributed by atoms with Crippen LogP contribution in [0.3, 0.4) is 0 Å². The summed E-state index contributed by atoms with van der Waals surface area (Å²) in [6.45, 7) is 1.39. The van der Waals surface area contributed by atoms with Crippen LogP contribution in [0.2, 0.25) is 0 Å². The van der Waals surface area contributed by atoms with E-state index < -0.39 is 28.2 Å². The number of esters is 1. The Morgan fingerprint density at radius 1 is 1.65 bits per heavy atom. The first kappa shape index (κ1) is 15.2. The standard InChI is InChI=1S/C11H17N2O6P/c1-5-7(18-9(12)15)10(20,6-3-4-6)11(16,13(2)17)19-8(5)14/h6,13,16H,3-4,20H2,1-2H3,(H2,12,15). The first-order valence-electron chi connectivity index (χ1n) is 6.08. The molecule has 1 fully saturated rings. The Morgan fingerprint density at radius 3 is 2.60 bits per heavy atom. The summed E-state index contributed by atoms with van der Waals surface area (Å²) in [7, 11) is 3.42. The minimum atomic E-state index is -2.39. The fraction of sp³-hybridized carbons (Fsp3) is 0.636. The summed E-state index contributed by atoms with van der Waals surface area (Å²) in [5, 5.41) is 20.2. The Balaban J connectivity index is 2.61. The average Bonchev–Trinajstić information content (AvgIpc) is 3.16. The van der Waals surface area contributed by atoms with Gasteiger partial charge in [0, 0.05) is 0 Å². The normalized spacial score (nSPS) is 35.5. The first-order chi connectivity index (χ1) is 9.14. The third-order valence-electron chi connectivity index (χ3n) is 3.72. The Morgan fingerprint density at radius 2 is 2.20 bits per heavy atom. The molecule has 0 aromatic carbocycles. The van der Waals surface area contributed by atoms with E-state index in [4.69, 9.17) is 15.2 Å². The lowest BCUT2D eigenvalue weighted by Gasteiger charge is -2.49. The van der Waals surface area contributed by atoms with E-state index in [9.17, 15) is 19.9 Å². The summed E-state index contributed by atoms with van der Waals surface area (Å²) in [5.74, 6) is -3.59. The molecule has 4 atom stereocenters. The molecule has 0 aromatic heterocycles. The van der Waals surface area contributed by atoms with Crippen molar-refractivity contribution in [2.24, 2.45) is 11.7 Å². The molecule has 0 saturated heterocycles. The summed E-state index contributed by atoms with van der Waals surface area (Å²) in [6, 6.07) is 0. The maximum Gasteiger partial charge on any atom is 0.409 e. The van der Waals surface area contributed by atoms with Crippen molar-refractivity contribution in [1.29, 1.82) is 0 Å². The minimum Gasteiger partial charge on any atom is -0.630 e. The van der Waals surface area contributed by atoms with Gasteiger partial charge in [-0.2, -0.15) is 0 Å². The van der Waals surface area contributed by atoms with E-state index in [0.717, 1.165) is 7.05 Å². The van der Waals surface area contributed by atoms with Crippen LogP contribution < -0.4 is 10.8 Å². The maximum absolute atomic E-state index is 11.8. The Hall–Kier alpha value is -1.21. The van der Waals surface area contributed by atoms with Gasteiger partial charge in [-0.3, -0.25) is 0 Å². The van der Waals surface area contributed by atoms with E-state index in [-0.39, 0.29) is 17.3 Å². The molecular weight excluding hydrogens is 287 g/mol. The summed E-state index contributed by atoms with van der Waals surface area (Å²) in [4.78, 5) is 22.9. The number of carbonyl (C=O) groups is 2. The van der Waals surface area contributed by atoms with Crippen LogP contribution in [0, 0.1) is 11.1 Å². The number of hydrogen-bond donors (Lipinski definition) is 3. The highest BCUT2D eigenvalue weighted by molar-refractivity contribution is 7.19. The topological polar surface area (TPSA) is 126 Å². The van der Waals surface area contributed by atoms with Gasteiger partial charge in [0.15, 0.2) is 5.16 Å². The molecule has 0 bridgehead atoms. The number of nitrogens with two attached hydrogens (primary N) is 1. The third kappa shape index (κ3) is 2.00. The molecule has 1 amide bonds. The highest BCUT2D eigenvalue weighted by Crippen LogP contribution is 2.56. The molecule has 0 radical (unpaired) electrons. The molecule has 1 aliphatic heterocycles. The SMILES string of the molecule is CC1=C(OC(N)=O)C(P)(C2CC2)C(O)([NH+](C)[O-])OC1=O. The lowest BCUT2D eigenvalue weighted by Crippen LogP contribution is -3.17. The molecule has 4 unspecified atom stereocenters. The summed E-state index contributed by atoms with van der Waals surface area (Å²) in [6.07, 6.45) is 0.290. The summed E-state index contributed by atoms with van der Waals surface area (Å²) >= 11 is 0. The number of hydrogen-bond acceptors (Lipinski definition) is 6. The highest BCUT2D eigenvalue weighted by atomic mass is 31.0. The van der Waals surface area contributed by atoms with Crippen LogP contribution in [-0.4, -0.2) is 35.3 Å². The van der Waals surface area contributed by atoms with E-state index in [1.165, 1.54) is 6.92 Å². The van der Waals surface area contributed by atoms with Gasteiger partial charge in [-0.25, -0.2) is 9.59 Å². The average molecular weight is 304 g/mol. The van der Waals surface area contributed by atoms with Crippen LogP contribution in [0.15, 0.2) is 11.3 Å². The fourth-order valence-electron chi connectivity index (χ4n) is 2.48. The second-order valence-electron chi connectivity index (χ2n) is 5.11. The zero-order valence-electron chi connectivity index (χ0n) is 11.1. The molecule has 0 spiro atoms. The van der Waals surface area contributed by atoms with Crippen molar-refractivity contribution in [1.82, 2.24) is 0 Å². The molecule has 20 heavy (non-hydrogen) atoms. The summed E-state index contributed by atoms with van der Waals surface area (Å²) in [5.41, 5.74) is 5.02. The summed E-state index contributed by atoms with van der Waals surface area (Å²) < 4.78 is 9.85. The quantitative estimate of drug-likeness (QED) is 0.255. The number of nitrogens with one attached hydrogen (secondary N) is 1. The van der Waals surface area contributed by atoms with Crippen molar-refractivity contribution < 1.29 is 29.2 Å². The third-order valence-corrected chi connectivity index (χ3v) is 4.85. The van der Waals surface area contributed by atoms with Gasteiger partial charge in [0.25, 0.3) is 0 Å². The molecule has 2 rings (SSSR count). The van der Waals surface area contributed by atoms with Crippen LogP contribution in [0.25, 0.3) is 0 Å². The number of ether oxygens (including phenoxy) is 2. The molecule has 2 aliphatic rings. The van der Waals surface area contributed by atoms with Gasteiger partial charge < -0.3 is 30.6 Å². The van der Waals surface area contributed by atoms with Crippen LogP contribution in [0.1, 0.15) is 19.8 Å². The number of rotatable bonds is 3. The van der Waals surface area contributed by atoms with Crippen molar-refractivity contribution >= 4 is 21.3 Å². The fourth-order valence-corrected chi connectivity index (χ4v) is 3.35. The van der Waals surface area contributed by atoms with Crippen molar-refractivity contribution in [3.63, 3.8) is 0 Å². The predicted octanol–water partition coefficient (Wildman–Crippen LogP) is -1.40. The number of carbonyl (C=O) groups excluding carboxylic acids is 2. The molecular formula is C11H17N2O6P. The van der Waals surface area contributed by atoms with Gasteiger partial charge in [-0.1, -0.05) is 0 Å². The monoisotopic (exact) mass is 304 g/mol. The van der Waals surface area contributed by atoms with Crippen molar-refractivity contribution in [3.05, 3.63) is 16.5 Å². The zero-order valence-corrected chi connectivity index (χ0v) is 12.3. The largest absolute Gasteiger partial charge is 0.630 e. The van der Waals surface area contributed by atoms with Crippen LogP contribution in [0.4, 0.5) is 4.79 Å². The lowest BCUT2D eigenvalue weighted by molar-refractivity contribution is -0.949. The molecule has 8 nitrogen and oxygen atoms in total. The molecule has 0 aromatic rings. The van der Waals surface area contributed by atoms with Crippen LogP contribution in [0.5, 0.6) is 0 Å². The van der Waals surface area contributed by atoms with E-state index in [2.05, 4.69) is 9.24 Å². The Kier molecular flexibility index (Phi) is 3.54. The van der Waals surface area contributed by atoms with Gasteiger partial charge in [0.05, 0.1) is 12.6 Å². The van der Waals surface area contributed by atoms with Crippen molar-refractivity contribution in [2.45, 2.75) is 30.8 Å². The van der Waals surface area contributed by atoms with Gasteiger partial charge in [-0.15, -0.1) is 9.24 Å². The molecule has 112 valence electrons. The maximum atomic E-state index is 11.8. The van der Waals surface area contributed by atoms with Gasteiger partial charge in [0.2, 0.25) is 0 Å². The molecule has 1 aliphatic carbocycles. The predicted molar refractivity (Wildman–Crippen MR) is 69.8 cm³/mol. The minimum absolute atomic E-state index is 0.0108. The van der Waals surface area contributed by atoms with Gasteiger partial charge in [-0.05, 0) is 25.7 Å². The first-order valence-corrected chi connectivity index (χ1v) is 6.66. The number of quaternary nitrogens is 1. The van der Waals surface area contributed by atoms with Crippen LogP contribution in [-0.2, 0) is 14.3 Å². The lowest BCUT2D eigenvalue weighted by atomic mass is 9.89. The zero-order chi connectivity index (χ0) is 15.3. The van der Waals surface area contributed by atoms with E-state index in [0.29, 0.717) is 12.8 Å². The van der Waals surface area contributed by atoms with Crippen molar-refractivity contribution in [2.75, 3.05) is 7.05 Å². The second kappa shape index (κ2) is 4.66. The smallest absolute Gasteiger partial charge is 0.409 e. The second-order valence-corrected chi connectivity index (χ2v) is 6.02. The Bertz CT molecular complexity index is 503. The molecule has 4 N–H and O–H groups in total. The van der Waals surface area contributed by atoms with Crippen LogP contribution >= 0.6 is 9.24 Å². The molecule has 9 heteroatoms. The molecule has 1 heterocycles. The Labute approximate surface area is 117 Å². The molecule has 1 saturated carbocycles. The van der Waals surface area contributed by atoms with Gasteiger partial charge >= 0.3 is 18.0 Å². The number of cyclic esters (lactones) is 1. The van der Waals surface area contributed by atoms with E-state index in [1.807, 2.05) is 0 Å². The van der Waals surface area contributed by atoms with E-state index >= 15 is 0 Å². The number of aliphatic hydroxyl groups is 1. The van der Waals surface area contributed by atoms with E-state index in [1.54, 1.807) is 0 Å². The number of amides is 1. The van der Waals surface area contributed by atoms with Crippen molar-refractivity contribution in [3.8, 4) is 0 Å². The highest BCUT2D eigenvalue weighted by Gasteiger charge is 2.69. The van der Waals surface area contributed by atoms with Gasteiger partial charge in [0.1, 0.15) is 5.76 Å².